The first kappa shape index (κ1) is 41.2. The number of anilines is 6. The highest BCUT2D eigenvalue weighted by molar-refractivity contribution is 6.12. The van der Waals surface area contributed by atoms with Crippen LogP contribution in [-0.4, -0.2) is 14.5 Å². The Morgan fingerprint density at radius 2 is 0.761 bits per heavy atom. The Bertz CT molecular complexity index is 3260. The summed E-state index contributed by atoms with van der Waals surface area (Å²) in [6.07, 6.45) is 0. The average Bonchev–Trinajstić information content (AvgIpc) is 3.68. The second-order valence-corrected chi connectivity index (χ2v) is 17.4. The minimum atomic E-state index is 0.717. The molecular formula is C62H49N5. The van der Waals surface area contributed by atoms with E-state index in [1.54, 1.807) is 0 Å². The predicted molar refractivity (Wildman–Crippen MR) is 281 cm³/mol. The Hall–Kier alpha value is -8.54. The van der Waals surface area contributed by atoms with Gasteiger partial charge in [-0.25, -0.2) is 9.97 Å². The van der Waals surface area contributed by atoms with Crippen LogP contribution in [0.5, 0.6) is 0 Å². The second kappa shape index (κ2) is 17.4. The third-order valence-electron chi connectivity index (χ3n) is 12.7. The van der Waals surface area contributed by atoms with Gasteiger partial charge in [-0.2, -0.15) is 0 Å². The number of aromatic nitrogens is 3. The summed E-state index contributed by atoms with van der Waals surface area (Å²) in [5.41, 5.74) is 19.5. The Morgan fingerprint density at radius 1 is 0.343 bits per heavy atom. The quantitative estimate of drug-likeness (QED) is 0.137. The van der Waals surface area contributed by atoms with Gasteiger partial charge in [0.05, 0.1) is 22.4 Å². The van der Waals surface area contributed by atoms with Crippen LogP contribution in [0.3, 0.4) is 0 Å². The minimum absolute atomic E-state index is 0.717. The van der Waals surface area contributed by atoms with Gasteiger partial charge in [-0.3, -0.25) is 0 Å². The number of rotatable bonds is 10. The fourth-order valence-electron chi connectivity index (χ4n) is 9.67. The zero-order valence-corrected chi connectivity index (χ0v) is 38.1. The molecule has 11 aromatic rings. The molecule has 11 rings (SSSR count). The van der Waals surface area contributed by atoms with Crippen molar-refractivity contribution >= 4 is 55.9 Å². The summed E-state index contributed by atoms with van der Waals surface area (Å²) in [4.78, 5) is 15.1. The van der Waals surface area contributed by atoms with Gasteiger partial charge in [-0.15, -0.1) is 0 Å². The largest absolute Gasteiger partial charge is 0.310 e. The molecule has 0 N–H and O–H groups in total. The van der Waals surface area contributed by atoms with Gasteiger partial charge < -0.3 is 14.4 Å². The lowest BCUT2D eigenvalue weighted by molar-refractivity contribution is 1.14. The Kier molecular flexibility index (Phi) is 10.7. The first-order valence-corrected chi connectivity index (χ1v) is 22.9. The molecule has 0 atom stereocenters. The van der Waals surface area contributed by atoms with Gasteiger partial charge in [0, 0.05) is 67.3 Å². The molecule has 2 aromatic heterocycles. The van der Waals surface area contributed by atoms with Gasteiger partial charge in [0.2, 0.25) is 0 Å². The molecular weight excluding hydrogens is 815 g/mol. The molecule has 0 radical (unpaired) electrons. The third-order valence-corrected chi connectivity index (χ3v) is 12.7. The SMILES string of the molecule is Cc1cccc(-c2cc(-c3c(C)cc(-n4c5ccc(N(c6ccccc6)c6ccccc6)cc5c5cc(N(c6ccccc6)c6ccccc6)ccc54)cc3C)nc(-c3cccc(C)c3)n2)c1. The van der Waals surface area contributed by atoms with Crippen molar-refractivity contribution in [3.05, 3.63) is 247 Å². The second-order valence-electron chi connectivity index (χ2n) is 17.4. The highest BCUT2D eigenvalue weighted by atomic mass is 15.1. The van der Waals surface area contributed by atoms with Crippen LogP contribution in [0.4, 0.5) is 34.1 Å². The van der Waals surface area contributed by atoms with E-state index in [1.807, 2.05) is 0 Å². The molecule has 322 valence electrons. The average molecular weight is 864 g/mol. The number of benzene rings is 9. The topological polar surface area (TPSA) is 37.2 Å². The van der Waals surface area contributed by atoms with E-state index in [9.17, 15) is 0 Å². The molecule has 0 aliphatic carbocycles. The van der Waals surface area contributed by atoms with E-state index in [0.29, 0.717) is 0 Å². The van der Waals surface area contributed by atoms with Crippen LogP contribution in [0.15, 0.2) is 224 Å². The molecule has 0 saturated carbocycles. The molecule has 67 heavy (non-hydrogen) atoms. The summed E-state index contributed by atoms with van der Waals surface area (Å²) in [6.45, 7) is 8.67. The lowest BCUT2D eigenvalue weighted by Crippen LogP contribution is -2.09. The summed E-state index contributed by atoms with van der Waals surface area (Å²) in [5, 5.41) is 2.32. The number of fused-ring (bicyclic) bond motifs is 3. The van der Waals surface area contributed by atoms with E-state index < -0.39 is 0 Å². The molecule has 0 spiro atoms. The summed E-state index contributed by atoms with van der Waals surface area (Å²) >= 11 is 0. The Balaban J connectivity index is 1.12. The molecule has 5 heteroatoms. The molecule has 0 aliphatic rings. The summed E-state index contributed by atoms with van der Waals surface area (Å²) < 4.78 is 2.43. The van der Waals surface area contributed by atoms with Crippen LogP contribution in [0.2, 0.25) is 0 Å². The van der Waals surface area contributed by atoms with Crippen molar-refractivity contribution in [1.29, 1.82) is 0 Å². The number of nitrogens with zero attached hydrogens (tertiary/aromatic N) is 5. The van der Waals surface area contributed by atoms with Gasteiger partial charge in [0.25, 0.3) is 0 Å². The van der Waals surface area contributed by atoms with E-state index in [-0.39, 0.29) is 0 Å². The maximum Gasteiger partial charge on any atom is 0.160 e. The summed E-state index contributed by atoms with van der Waals surface area (Å²) in [5.74, 6) is 0.717. The molecule has 9 aromatic carbocycles. The fraction of sp³-hybridized carbons (Fsp3) is 0.0645. The van der Waals surface area contributed by atoms with Crippen molar-refractivity contribution in [3.63, 3.8) is 0 Å². The molecule has 2 heterocycles. The van der Waals surface area contributed by atoms with Crippen LogP contribution in [0.25, 0.3) is 61.4 Å². The summed E-state index contributed by atoms with van der Waals surface area (Å²) in [6, 6.07) is 80.2. The fourth-order valence-corrected chi connectivity index (χ4v) is 9.67. The van der Waals surface area contributed by atoms with Crippen molar-refractivity contribution in [2.45, 2.75) is 27.7 Å². The number of para-hydroxylation sites is 4. The van der Waals surface area contributed by atoms with Crippen molar-refractivity contribution in [3.8, 4) is 39.6 Å². The third kappa shape index (κ3) is 7.91. The standard InChI is InChI=1S/C62H49N5/c1-42-19-17-21-46(35-42)57-41-58(64-62(63-57)47-22-18-20-43(2)36-47)61-44(3)37-54(38-45(61)4)67-59-33-31-52(65(48-23-9-5-10-24-48)49-25-11-6-12-26-49)39-55(59)56-40-53(32-34-60(56)67)66(50-27-13-7-14-28-50)51-29-15-8-16-30-51/h5-41H,1-4H3. The summed E-state index contributed by atoms with van der Waals surface area (Å²) in [7, 11) is 0. The first-order valence-electron chi connectivity index (χ1n) is 22.9. The van der Waals surface area contributed by atoms with Crippen molar-refractivity contribution in [2.24, 2.45) is 0 Å². The van der Waals surface area contributed by atoms with Crippen LogP contribution in [0, 0.1) is 27.7 Å². The first-order chi connectivity index (χ1) is 32.9. The lowest BCUT2D eigenvalue weighted by atomic mass is 9.97. The Labute approximate surface area is 392 Å². The van der Waals surface area contributed by atoms with E-state index >= 15 is 0 Å². The molecule has 0 aliphatic heterocycles. The predicted octanol–water partition coefficient (Wildman–Crippen LogP) is 16.7. The lowest BCUT2D eigenvalue weighted by Gasteiger charge is -2.26. The van der Waals surface area contributed by atoms with E-state index in [1.165, 1.54) is 11.1 Å². The van der Waals surface area contributed by atoms with Gasteiger partial charge in [0.15, 0.2) is 5.82 Å². The zero-order valence-electron chi connectivity index (χ0n) is 38.1. The van der Waals surface area contributed by atoms with E-state index in [0.717, 1.165) is 107 Å². The van der Waals surface area contributed by atoms with Crippen molar-refractivity contribution in [2.75, 3.05) is 9.80 Å². The Morgan fingerprint density at radius 3 is 1.21 bits per heavy atom. The van der Waals surface area contributed by atoms with Gasteiger partial charge in [0.1, 0.15) is 0 Å². The van der Waals surface area contributed by atoms with Crippen molar-refractivity contribution in [1.82, 2.24) is 14.5 Å². The van der Waals surface area contributed by atoms with Crippen LogP contribution in [0.1, 0.15) is 22.3 Å². The van der Waals surface area contributed by atoms with Gasteiger partial charge in [-0.1, -0.05) is 120 Å². The van der Waals surface area contributed by atoms with Crippen molar-refractivity contribution < 1.29 is 0 Å². The zero-order chi connectivity index (χ0) is 45.4. The smallest absolute Gasteiger partial charge is 0.160 e. The maximum atomic E-state index is 5.30. The monoisotopic (exact) mass is 863 g/mol. The minimum Gasteiger partial charge on any atom is -0.310 e. The maximum absolute atomic E-state index is 5.30. The van der Waals surface area contributed by atoms with Crippen LogP contribution >= 0.6 is 0 Å². The molecule has 0 fully saturated rings. The van der Waals surface area contributed by atoms with Crippen LogP contribution < -0.4 is 9.80 Å². The van der Waals surface area contributed by atoms with Crippen LogP contribution in [-0.2, 0) is 0 Å². The molecule has 0 bridgehead atoms. The van der Waals surface area contributed by atoms with E-state index in [2.05, 4.69) is 267 Å². The molecule has 0 unspecified atom stereocenters. The molecule has 5 nitrogen and oxygen atoms in total. The highest BCUT2D eigenvalue weighted by Gasteiger charge is 2.22. The normalized spacial score (nSPS) is 11.3. The number of hydrogen-bond donors (Lipinski definition) is 0. The molecule has 0 saturated heterocycles. The highest BCUT2D eigenvalue weighted by Crippen LogP contribution is 2.43. The number of aryl methyl sites for hydroxylation is 4. The van der Waals surface area contributed by atoms with Gasteiger partial charge >= 0.3 is 0 Å². The van der Waals surface area contributed by atoms with E-state index in [4.69, 9.17) is 9.97 Å². The number of hydrogen-bond acceptors (Lipinski definition) is 4. The van der Waals surface area contributed by atoms with Gasteiger partial charge in [-0.05, 0) is 154 Å². The molecule has 0 amide bonds.